The number of rotatable bonds is 4. The second-order valence-electron chi connectivity index (χ2n) is 6.19. The molecule has 0 radical (unpaired) electrons. The average molecular weight is 366 g/mol. The lowest BCUT2D eigenvalue weighted by molar-refractivity contribution is -0.124. The summed E-state index contributed by atoms with van der Waals surface area (Å²) >= 11 is 0. The molecular weight excluding hydrogens is 339 g/mol. The molecule has 26 heavy (non-hydrogen) atoms. The minimum atomic E-state index is -0.383. The first-order valence-electron chi connectivity index (χ1n) is 9.00. The number of hydrogen-bond donors (Lipinski definition) is 1. The number of morpholine rings is 1. The standard InChI is InChI=1S/C18H27FN4O3/c1-3-6-16(20-4-2)21-17(24)11-15-13-23(9-10-26-15)18(25)22-8-5-7-14(19)12-22/h3,6-7,15H,4-5,8-13H2,1-2H3,(H,20,21,24)/b6-3-. The van der Waals surface area contributed by atoms with E-state index in [-0.39, 0.29) is 36.8 Å². The number of carbonyl (C=O) groups is 2. The molecule has 0 aromatic rings. The van der Waals surface area contributed by atoms with E-state index in [4.69, 9.17) is 4.74 Å². The van der Waals surface area contributed by atoms with Gasteiger partial charge in [-0.25, -0.2) is 9.18 Å². The Labute approximate surface area is 153 Å². The van der Waals surface area contributed by atoms with Crippen LogP contribution >= 0.6 is 0 Å². The maximum absolute atomic E-state index is 13.4. The van der Waals surface area contributed by atoms with Gasteiger partial charge in [0.05, 0.1) is 25.7 Å². The van der Waals surface area contributed by atoms with Gasteiger partial charge in [0.2, 0.25) is 5.91 Å². The number of halogens is 1. The number of amidine groups is 1. The molecule has 0 saturated carbocycles. The predicted octanol–water partition coefficient (Wildman–Crippen LogP) is 1.87. The van der Waals surface area contributed by atoms with Crippen LogP contribution in [-0.2, 0) is 9.53 Å². The number of hydrogen-bond acceptors (Lipinski definition) is 4. The Morgan fingerprint density at radius 1 is 1.42 bits per heavy atom. The van der Waals surface area contributed by atoms with E-state index in [1.807, 2.05) is 13.8 Å². The molecule has 1 atom stereocenters. The van der Waals surface area contributed by atoms with Crippen molar-refractivity contribution < 1.29 is 18.7 Å². The van der Waals surface area contributed by atoms with Gasteiger partial charge in [-0.15, -0.1) is 0 Å². The van der Waals surface area contributed by atoms with Gasteiger partial charge in [0.1, 0.15) is 11.7 Å². The topological polar surface area (TPSA) is 74.2 Å². The van der Waals surface area contributed by atoms with E-state index in [1.54, 1.807) is 17.1 Å². The molecule has 0 bridgehead atoms. The van der Waals surface area contributed by atoms with E-state index in [2.05, 4.69) is 10.3 Å². The highest BCUT2D eigenvalue weighted by Crippen LogP contribution is 2.16. The first-order valence-corrected chi connectivity index (χ1v) is 9.00. The van der Waals surface area contributed by atoms with Gasteiger partial charge in [-0.3, -0.25) is 9.79 Å². The van der Waals surface area contributed by atoms with Crippen molar-refractivity contribution in [3.63, 3.8) is 0 Å². The Bertz CT molecular complexity index is 603. The van der Waals surface area contributed by atoms with Crippen LogP contribution in [-0.4, -0.2) is 73.0 Å². The summed E-state index contributed by atoms with van der Waals surface area (Å²) in [5, 5.41) is 2.75. The van der Waals surface area contributed by atoms with Gasteiger partial charge < -0.3 is 19.9 Å². The number of urea groups is 1. The summed E-state index contributed by atoms with van der Waals surface area (Å²) in [7, 11) is 0. The lowest BCUT2D eigenvalue weighted by Crippen LogP contribution is -2.52. The molecule has 144 valence electrons. The summed E-state index contributed by atoms with van der Waals surface area (Å²) in [4.78, 5) is 32.1. The minimum Gasteiger partial charge on any atom is -0.374 e. The molecule has 1 fully saturated rings. The van der Waals surface area contributed by atoms with Gasteiger partial charge in [-0.1, -0.05) is 6.08 Å². The maximum atomic E-state index is 13.4. The van der Waals surface area contributed by atoms with Crippen molar-refractivity contribution in [2.24, 2.45) is 4.99 Å². The number of carbonyl (C=O) groups excluding carboxylic acids is 2. The van der Waals surface area contributed by atoms with Gasteiger partial charge in [-0.2, -0.15) is 0 Å². The smallest absolute Gasteiger partial charge is 0.320 e. The van der Waals surface area contributed by atoms with E-state index in [9.17, 15) is 14.0 Å². The third-order valence-corrected chi connectivity index (χ3v) is 4.12. The molecule has 0 spiro atoms. The number of amides is 3. The van der Waals surface area contributed by atoms with Crippen LogP contribution in [0, 0.1) is 0 Å². The molecule has 2 aliphatic heterocycles. The molecule has 2 rings (SSSR count). The number of aliphatic imine (C=N–C) groups is 1. The third-order valence-electron chi connectivity index (χ3n) is 4.12. The Hall–Kier alpha value is -2.22. The molecule has 0 aromatic heterocycles. The molecule has 2 aliphatic rings. The normalized spacial score (nSPS) is 21.7. The Kier molecular flexibility index (Phi) is 7.77. The molecule has 1 unspecified atom stereocenters. The summed E-state index contributed by atoms with van der Waals surface area (Å²) < 4.78 is 19.0. The van der Waals surface area contributed by atoms with Gasteiger partial charge in [0.25, 0.3) is 0 Å². The van der Waals surface area contributed by atoms with Crippen LogP contribution in [0.4, 0.5) is 9.18 Å². The Balaban J connectivity index is 1.87. The number of nitrogens with zero attached hydrogens (tertiary/aromatic N) is 3. The van der Waals surface area contributed by atoms with Crippen molar-refractivity contribution in [3.8, 4) is 0 Å². The van der Waals surface area contributed by atoms with Crippen LogP contribution in [0.25, 0.3) is 0 Å². The summed E-state index contributed by atoms with van der Waals surface area (Å²) in [6, 6.07) is -0.205. The van der Waals surface area contributed by atoms with Crippen molar-refractivity contribution in [3.05, 3.63) is 24.1 Å². The highest BCUT2D eigenvalue weighted by molar-refractivity contribution is 6.04. The van der Waals surface area contributed by atoms with E-state index < -0.39 is 0 Å². The fraction of sp³-hybridized carbons (Fsp3) is 0.611. The quantitative estimate of drug-likeness (QED) is 0.610. The molecule has 0 aliphatic carbocycles. The van der Waals surface area contributed by atoms with E-state index in [0.717, 1.165) is 0 Å². The van der Waals surface area contributed by atoms with Gasteiger partial charge in [-0.05, 0) is 32.4 Å². The summed E-state index contributed by atoms with van der Waals surface area (Å²) in [5.74, 6) is 0.0291. The van der Waals surface area contributed by atoms with Crippen LogP contribution in [0.1, 0.15) is 26.7 Å². The Morgan fingerprint density at radius 2 is 2.23 bits per heavy atom. The maximum Gasteiger partial charge on any atom is 0.320 e. The summed E-state index contributed by atoms with van der Waals surface area (Å²) in [6.45, 7) is 5.96. The van der Waals surface area contributed by atoms with Gasteiger partial charge in [0.15, 0.2) is 0 Å². The second kappa shape index (κ2) is 10.1. The molecule has 7 nitrogen and oxygen atoms in total. The summed E-state index contributed by atoms with van der Waals surface area (Å²) in [6.07, 6.45) is 5.33. The fourth-order valence-corrected chi connectivity index (χ4v) is 2.95. The third kappa shape index (κ3) is 5.94. The number of ether oxygens (including phenoxy) is 1. The zero-order valence-corrected chi connectivity index (χ0v) is 15.4. The molecule has 1 N–H and O–H groups in total. The predicted molar refractivity (Wildman–Crippen MR) is 97.6 cm³/mol. The van der Waals surface area contributed by atoms with Crippen LogP contribution in [0.3, 0.4) is 0 Å². The SMILES string of the molecule is C/C=C\C(=NCC)NC(=O)CC1CN(C(=O)N2CCC=C(F)C2)CCO1. The molecule has 0 aromatic carbocycles. The molecular formula is C18H27FN4O3. The van der Waals surface area contributed by atoms with Crippen molar-refractivity contribution in [1.82, 2.24) is 15.1 Å². The minimum absolute atomic E-state index is 0.0154. The molecule has 3 amide bonds. The molecule has 2 heterocycles. The zero-order chi connectivity index (χ0) is 18.9. The fourth-order valence-electron chi connectivity index (χ4n) is 2.95. The molecule has 8 heteroatoms. The largest absolute Gasteiger partial charge is 0.374 e. The van der Waals surface area contributed by atoms with Crippen molar-refractivity contribution in [2.45, 2.75) is 32.8 Å². The number of allylic oxidation sites excluding steroid dienone is 1. The monoisotopic (exact) mass is 366 g/mol. The summed E-state index contributed by atoms with van der Waals surface area (Å²) in [5.41, 5.74) is 0. The van der Waals surface area contributed by atoms with E-state index >= 15 is 0 Å². The highest BCUT2D eigenvalue weighted by Gasteiger charge is 2.30. The van der Waals surface area contributed by atoms with Crippen molar-refractivity contribution in [1.29, 1.82) is 0 Å². The van der Waals surface area contributed by atoms with Gasteiger partial charge in [0, 0.05) is 26.2 Å². The first-order chi connectivity index (χ1) is 12.5. The second-order valence-corrected chi connectivity index (χ2v) is 6.19. The van der Waals surface area contributed by atoms with Crippen LogP contribution < -0.4 is 5.32 Å². The Morgan fingerprint density at radius 3 is 2.92 bits per heavy atom. The zero-order valence-electron chi connectivity index (χ0n) is 15.4. The number of nitrogens with one attached hydrogen (secondary N) is 1. The van der Waals surface area contributed by atoms with E-state index in [1.165, 1.54) is 11.0 Å². The lowest BCUT2D eigenvalue weighted by atomic mass is 10.2. The molecule has 1 saturated heterocycles. The van der Waals surface area contributed by atoms with Crippen molar-refractivity contribution >= 4 is 17.8 Å². The lowest BCUT2D eigenvalue weighted by Gasteiger charge is -2.36. The van der Waals surface area contributed by atoms with E-state index in [0.29, 0.717) is 45.0 Å². The first kappa shape index (κ1) is 20.1. The van der Waals surface area contributed by atoms with Crippen LogP contribution in [0.15, 0.2) is 29.0 Å². The average Bonchev–Trinajstić information content (AvgIpc) is 2.61. The van der Waals surface area contributed by atoms with Crippen LogP contribution in [0.2, 0.25) is 0 Å². The van der Waals surface area contributed by atoms with Crippen molar-refractivity contribution in [2.75, 3.05) is 39.3 Å². The van der Waals surface area contributed by atoms with Crippen LogP contribution in [0.5, 0.6) is 0 Å². The highest BCUT2D eigenvalue weighted by atomic mass is 19.1. The van der Waals surface area contributed by atoms with Gasteiger partial charge >= 0.3 is 6.03 Å².